The summed E-state index contributed by atoms with van der Waals surface area (Å²) in [5.41, 5.74) is 2.14. The van der Waals surface area contributed by atoms with Gasteiger partial charge in [0, 0.05) is 21.7 Å². The van der Waals surface area contributed by atoms with E-state index in [-0.39, 0.29) is 6.10 Å². The van der Waals surface area contributed by atoms with Crippen molar-refractivity contribution in [3.63, 3.8) is 0 Å². The maximum Gasteiger partial charge on any atom is 0.262 e. The summed E-state index contributed by atoms with van der Waals surface area (Å²) in [7, 11) is -3.11. The molecule has 1 aliphatic rings. The second-order valence-corrected chi connectivity index (χ2v) is 9.34. The van der Waals surface area contributed by atoms with Gasteiger partial charge in [-0.05, 0) is 47.5 Å². The van der Waals surface area contributed by atoms with Crippen LogP contribution in [0.1, 0.15) is 13.8 Å². The molecule has 0 aromatic heterocycles. The Morgan fingerprint density at radius 2 is 1.15 bits per heavy atom. The second kappa shape index (κ2) is 5.54. The molecule has 0 radical (unpaired) electrons. The summed E-state index contributed by atoms with van der Waals surface area (Å²) in [4.78, 5) is 0. The summed E-state index contributed by atoms with van der Waals surface area (Å²) in [5, 5.41) is 6.24. The van der Waals surface area contributed by atoms with E-state index < -0.39 is 7.37 Å². The smallest absolute Gasteiger partial charge is 0.262 e. The van der Waals surface area contributed by atoms with Crippen LogP contribution in [0.25, 0.3) is 32.7 Å². The van der Waals surface area contributed by atoms with Crippen LogP contribution in [0.5, 0.6) is 0 Å². The number of hydrogen-bond donors (Lipinski definition) is 0. The zero-order valence-electron chi connectivity index (χ0n) is 14.8. The predicted molar refractivity (Wildman–Crippen MR) is 110 cm³/mol. The molecule has 0 fully saturated rings. The lowest BCUT2D eigenvalue weighted by Gasteiger charge is -2.18. The summed E-state index contributed by atoms with van der Waals surface area (Å²) in [6.45, 7) is 3.89. The van der Waals surface area contributed by atoms with Gasteiger partial charge < -0.3 is 4.52 Å². The minimum atomic E-state index is -3.11. The van der Waals surface area contributed by atoms with Gasteiger partial charge in [-0.3, -0.25) is 4.57 Å². The van der Waals surface area contributed by atoms with Gasteiger partial charge >= 0.3 is 0 Å². The predicted octanol–water partition coefficient (Wildman–Crippen LogP) is 5.63. The van der Waals surface area contributed by atoms with Crippen molar-refractivity contribution >= 4 is 39.5 Å². The zero-order chi connectivity index (χ0) is 17.9. The fourth-order valence-corrected chi connectivity index (χ4v) is 6.75. The van der Waals surface area contributed by atoms with E-state index in [2.05, 4.69) is 36.4 Å². The van der Waals surface area contributed by atoms with Crippen molar-refractivity contribution < 1.29 is 9.09 Å². The van der Waals surface area contributed by atoms with E-state index >= 15 is 0 Å². The van der Waals surface area contributed by atoms with Gasteiger partial charge in [-0.1, -0.05) is 60.7 Å². The average Bonchev–Trinajstić information content (AvgIpc) is 2.90. The lowest BCUT2D eigenvalue weighted by Crippen LogP contribution is -2.16. The molecule has 0 spiro atoms. The SMILES string of the molecule is CC(C)OP1(=O)c2ccc3ccccc3c2-c2c1ccc1ccccc21. The molecule has 0 unspecified atom stereocenters. The molecule has 0 bridgehead atoms. The minimum absolute atomic E-state index is 0.113. The van der Waals surface area contributed by atoms with Crippen LogP contribution in [-0.4, -0.2) is 6.10 Å². The first-order chi connectivity index (χ1) is 12.6. The van der Waals surface area contributed by atoms with Gasteiger partial charge in [-0.25, -0.2) is 0 Å². The quantitative estimate of drug-likeness (QED) is 0.434. The average molecular weight is 358 g/mol. The summed E-state index contributed by atoms with van der Waals surface area (Å²) in [6.07, 6.45) is -0.113. The number of fused-ring (bicyclic) bond motifs is 7. The molecule has 0 saturated heterocycles. The van der Waals surface area contributed by atoms with Crippen molar-refractivity contribution in [3.8, 4) is 11.1 Å². The Morgan fingerprint density at radius 3 is 1.62 bits per heavy atom. The highest BCUT2D eigenvalue weighted by molar-refractivity contribution is 7.75. The molecule has 2 nitrogen and oxygen atoms in total. The third kappa shape index (κ3) is 2.06. The Morgan fingerprint density at radius 1 is 0.692 bits per heavy atom. The van der Waals surface area contributed by atoms with Crippen molar-refractivity contribution in [1.29, 1.82) is 0 Å². The molecule has 0 atom stereocenters. The molecule has 26 heavy (non-hydrogen) atoms. The third-order valence-corrected chi connectivity index (χ3v) is 7.79. The molecule has 0 saturated carbocycles. The van der Waals surface area contributed by atoms with E-state index in [1.54, 1.807) is 0 Å². The highest BCUT2D eigenvalue weighted by Gasteiger charge is 2.42. The molecular formula is C23H19O2P. The van der Waals surface area contributed by atoms with E-state index in [1.165, 1.54) is 0 Å². The van der Waals surface area contributed by atoms with E-state index in [4.69, 9.17) is 4.52 Å². The van der Waals surface area contributed by atoms with Gasteiger partial charge in [0.25, 0.3) is 7.37 Å². The van der Waals surface area contributed by atoms with Gasteiger partial charge in [0.1, 0.15) is 0 Å². The van der Waals surface area contributed by atoms with E-state index in [1.807, 2.05) is 50.2 Å². The lowest BCUT2D eigenvalue weighted by atomic mass is 9.94. The van der Waals surface area contributed by atoms with Crippen molar-refractivity contribution in [3.05, 3.63) is 72.8 Å². The lowest BCUT2D eigenvalue weighted by molar-refractivity contribution is 0.254. The van der Waals surface area contributed by atoms with Gasteiger partial charge in [0.05, 0.1) is 6.10 Å². The molecule has 128 valence electrons. The maximum atomic E-state index is 14.1. The molecular weight excluding hydrogens is 339 g/mol. The van der Waals surface area contributed by atoms with Crippen molar-refractivity contribution in [2.75, 3.05) is 0 Å². The Balaban J connectivity index is 2.00. The molecule has 0 N–H and O–H groups in total. The number of benzene rings is 4. The first kappa shape index (κ1) is 15.8. The molecule has 1 aliphatic heterocycles. The minimum Gasteiger partial charge on any atom is -0.319 e. The monoisotopic (exact) mass is 358 g/mol. The topological polar surface area (TPSA) is 26.3 Å². The van der Waals surface area contributed by atoms with Crippen LogP contribution in [0.3, 0.4) is 0 Å². The zero-order valence-corrected chi connectivity index (χ0v) is 15.7. The normalized spacial score (nSPS) is 14.7. The summed E-state index contributed by atoms with van der Waals surface area (Å²) in [6, 6.07) is 24.7. The van der Waals surface area contributed by atoms with Crippen molar-refractivity contribution in [2.45, 2.75) is 20.0 Å². The van der Waals surface area contributed by atoms with Gasteiger partial charge in [0.2, 0.25) is 0 Å². The molecule has 3 heteroatoms. The van der Waals surface area contributed by atoms with Gasteiger partial charge in [0.15, 0.2) is 0 Å². The fraction of sp³-hybridized carbons (Fsp3) is 0.130. The first-order valence-corrected chi connectivity index (χ1v) is 10.6. The summed E-state index contributed by atoms with van der Waals surface area (Å²) in [5.74, 6) is 0. The van der Waals surface area contributed by atoms with Crippen LogP contribution >= 0.6 is 7.37 Å². The van der Waals surface area contributed by atoms with E-state index in [9.17, 15) is 4.57 Å². The van der Waals surface area contributed by atoms with E-state index in [0.717, 1.165) is 43.3 Å². The Bertz CT molecular complexity index is 1130. The van der Waals surface area contributed by atoms with Crippen molar-refractivity contribution in [2.24, 2.45) is 0 Å². The standard InChI is InChI=1S/C23H19O2P/c1-15(2)25-26(24)20-13-11-16-7-3-5-9-18(16)22(20)23-19-10-6-4-8-17(19)12-14-21(23)26/h3-15H,1-2H3. The second-order valence-electron chi connectivity index (χ2n) is 7.07. The molecule has 0 aliphatic carbocycles. The van der Waals surface area contributed by atoms with E-state index in [0.29, 0.717) is 0 Å². The Hall–Kier alpha value is -2.41. The maximum absolute atomic E-state index is 14.1. The highest BCUT2D eigenvalue weighted by Crippen LogP contribution is 2.57. The highest BCUT2D eigenvalue weighted by atomic mass is 31.2. The van der Waals surface area contributed by atoms with Crippen LogP contribution in [0.15, 0.2) is 72.8 Å². The first-order valence-electron chi connectivity index (χ1n) is 8.93. The molecule has 4 aromatic carbocycles. The number of hydrogen-bond acceptors (Lipinski definition) is 2. The molecule has 1 heterocycles. The van der Waals surface area contributed by atoms with Gasteiger partial charge in [-0.15, -0.1) is 0 Å². The van der Waals surface area contributed by atoms with Crippen LogP contribution < -0.4 is 10.6 Å². The van der Waals surface area contributed by atoms with Crippen LogP contribution in [-0.2, 0) is 9.09 Å². The van der Waals surface area contributed by atoms with Crippen LogP contribution in [0, 0.1) is 0 Å². The number of rotatable bonds is 2. The molecule has 0 amide bonds. The van der Waals surface area contributed by atoms with Crippen LogP contribution in [0.4, 0.5) is 0 Å². The van der Waals surface area contributed by atoms with Gasteiger partial charge in [-0.2, -0.15) is 0 Å². The Labute approximate surface area is 152 Å². The Kier molecular flexibility index (Phi) is 3.37. The third-order valence-electron chi connectivity index (χ3n) is 5.06. The largest absolute Gasteiger partial charge is 0.319 e. The summed E-state index contributed by atoms with van der Waals surface area (Å²) >= 11 is 0. The fourth-order valence-electron chi connectivity index (χ4n) is 4.08. The molecule has 5 rings (SSSR count). The van der Waals surface area contributed by atoms with Crippen molar-refractivity contribution in [1.82, 2.24) is 0 Å². The van der Waals surface area contributed by atoms with Crippen LogP contribution in [0.2, 0.25) is 0 Å². The summed E-state index contributed by atoms with van der Waals surface area (Å²) < 4.78 is 20.2. The molecule has 4 aromatic rings.